The highest BCUT2D eigenvalue weighted by atomic mass is 79.9. The summed E-state index contributed by atoms with van der Waals surface area (Å²) in [6.07, 6.45) is 22.2. The Morgan fingerprint density at radius 1 is 0.400 bits per heavy atom. The molecule has 0 N–H and O–H groups in total. The summed E-state index contributed by atoms with van der Waals surface area (Å²) in [5.74, 6) is -0.995. The zero-order valence-electron chi connectivity index (χ0n) is 29.3. The van der Waals surface area contributed by atoms with Gasteiger partial charge >= 0.3 is 0 Å². The van der Waals surface area contributed by atoms with Crippen LogP contribution in [-0.2, 0) is 4.79 Å². The van der Waals surface area contributed by atoms with E-state index in [9.17, 15) is 9.90 Å². The van der Waals surface area contributed by atoms with Crippen LogP contribution in [0.25, 0.3) is 0 Å². The van der Waals surface area contributed by atoms with E-state index in [1.54, 1.807) is 0 Å². The fourth-order valence-corrected chi connectivity index (χ4v) is 5.29. The van der Waals surface area contributed by atoms with Gasteiger partial charge in [0.1, 0.15) is 0 Å². The number of halogens is 1. The van der Waals surface area contributed by atoms with Crippen molar-refractivity contribution >= 4 is 5.97 Å². The van der Waals surface area contributed by atoms with Gasteiger partial charge in [-0.05, 0) is 57.8 Å². The molecule has 0 radical (unpaired) electrons. The number of aliphatic carboxylic acids is 1. The third kappa shape index (κ3) is 29.4. The number of carboxylic acid groups (broad SMARTS) is 1. The maximum absolute atomic E-state index is 9.26. The Hall–Kier alpha value is -0.130. The van der Waals surface area contributed by atoms with Crippen LogP contribution in [0.3, 0.4) is 0 Å². The molecular formula is C35H77BrN2O2. The molecule has 0 aliphatic heterocycles. The number of nitrogens with zero attached hydrogens (tertiary/aromatic N) is 2. The molecule has 0 aromatic rings. The first-order chi connectivity index (χ1) is 18.8. The van der Waals surface area contributed by atoms with Crippen LogP contribution in [0, 0.1) is 0 Å². The third-order valence-electron chi connectivity index (χ3n) is 8.18. The standard InChI is InChI=1S/2C16H36N.C3H6O2.BrH/c2*1-5-9-13-17(14-10-6-2,15-11-7-3)16-12-8-4;1-2-3(4)5;/h2*5-16H2,1-4H3;2H2,1H3,(H,4,5);1H/q2*+1;;/p-2. The first-order valence-corrected chi connectivity index (χ1v) is 17.7. The molecule has 0 saturated heterocycles. The lowest BCUT2D eigenvalue weighted by Gasteiger charge is -2.39. The van der Waals surface area contributed by atoms with Crippen LogP contribution in [0.1, 0.15) is 171 Å². The van der Waals surface area contributed by atoms with E-state index in [0.717, 1.165) is 0 Å². The number of rotatable bonds is 25. The van der Waals surface area contributed by atoms with Crippen molar-refractivity contribution in [1.82, 2.24) is 0 Å². The third-order valence-corrected chi connectivity index (χ3v) is 8.18. The van der Waals surface area contributed by atoms with Crippen molar-refractivity contribution in [3.05, 3.63) is 0 Å². The second kappa shape index (κ2) is 35.1. The highest BCUT2D eigenvalue weighted by molar-refractivity contribution is 5.63. The number of hydrogen-bond donors (Lipinski definition) is 0. The van der Waals surface area contributed by atoms with Gasteiger partial charge < -0.3 is 35.8 Å². The molecular weight excluding hydrogens is 560 g/mol. The highest BCUT2D eigenvalue weighted by Gasteiger charge is 2.25. The van der Waals surface area contributed by atoms with Crippen molar-refractivity contribution in [2.24, 2.45) is 0 Å². The summed E-state index contributed by atoms with van der Waals surface area (Å²) in [7, 11) is 0. The SMILES string of the molecule is CCC(=O)[O-].CCCC[N+](CCCC)(CCCC)CCCC.CCCC[N+](CCCC)(CCCC)CCCC.[Br-]. The maximum Gasteiger partial charge on any atom is 0.0786 e. The quantitative estimate of drug-likeness (QED) is 0.113. The van der Waals surface area contributed by atoms with Crippen LogP contribution < -0.4 is 22.1 Å². The van der Waals surface area contributed by atoms with E-state index in [1.165, 1.54) is 171 Å². The van der Waals surface area contributed by atoms with Crippen LogP contribution >= 0.6 is 0 Å². The molecule has 0 bridgehead atoms. The van der Waals surface area contributed by atoms with Gasteiger partial charge in [-0.25, -0.2) is 0 Å². The van der Waals surface area contributed by atoms with Gasteiger partial charge in [0.05, 0.1) is 52.4 Å². The number of unbranched alkanes of at least 4 members (excludes halogenated alkanes) is 8. The number of carbonyl (C=O) groups excluding carboxylic acids is 1. The van der Waals surface area contributed by atoms with Gasteiger partial charge in [-0.15, -0.1) is 0 Å². The second-order valence-electron chi connectivity index (χ2n) is 12.0. The fraction of sp³-hybridized carbons (Fsp3) is 0.971. The zero-order chi connectivity index (χ0) is 30.3. The van der Waals surface area contributed by atoms with Crippen molar-refractivity contribution in [3.63, 3.8) is 0 Å². The predicted octanol–water partition coefficient (Wildman–Crippen LogP) is 6.16. The summed E-state index contributed by atoms with van der Waals surface area (Å²) in [6.45, 7) is 31.6. The Morgan fingerprint density at radius 3 is 0.600 bits per heavy atom. The molecule has 0 aliphatic rings. The van der Waals surface area contributed by atoms with Gasteiger partial charge in [-0.3, -0.25) is 0 Å². The first-order valence-electron chi connectivity index (χ1n) is 17.7. The molecule has 0 spiro atoms. The summed E-state index contributed by atoms with van der Waals surface area (Å²) in [6, 6.07) is 0. The van der Waals surface area contributed by atoms with E-state index in [-0.39, 0.29) is 23.4 Å². The first kappa shape index (κ1) is 46.8. The molecule has 0 heterocycles. The van der Waals surface area contributed by atoms with E-state index < -0.39 is 5.97 Å². The van der Waals surface area contributed by atoms with Crippen molar-refractivity contribution in [1.29, 1.82) is 0 Å². The summed E-state index contributed by atoms with van der Waals surface area (Å²) in [5, 5.41) is 9.26. The van der Waals surface area contributed by atoms with Crippen molar-refractivity contribution in [2.75, 3.05) is 52.4 Å². The Balaban J connectivity index is -0.000000271. The average Bonchev–Trinajstić information content (AvgIpc) is 2.96. The minimum Gasteiger partial charge on any atom is -1.00 e. The van der Waals surface area contributed by atoms with E-state index in [1.807, 2.05) is 0 Å². The van der Waals surface area contributed by atoms with Crippen LogP contribution in [0.4, 0.5) is 0 Å². The molecule has 0 aromatic carbocycles. The van der Waals surface area contributed by atoms with Gasteiger partial charge in [0.2, 0.25) is 0 Å². The molecule has 0 rings (SSSR count). The van der Waals surface area contributed by atoms with Crippen LogP contribution in [0.2, 0.25) is 0 Å². The molecule has 4 nitrogen and oxygen atoms in total. The Morgan fingerprint density at radius 2 is 0.525 bits per heavy atom. The number of carbonyl (C=O) groups is 1. The molecule has 0 unspecified atom stereocenters. The van der Waals surface area contributed by atoms with Gasteiger partial charge in [0.15, 0.2) is 0 Å². The summed E-state index contributed by atoms with van der Waals surface area (Å²) < 4.78 is 2.84. The summed E-state index contributed by atoms with van der Waals surface area (Å²) in [5.41, 5.74) is 0. The minimum atomic E-state index is -0.995. The second-order valence-corrected chi connectivity index (χ2v) is 12.0. The Kier molecular flexibility index (Phi) is 41.0. The molecule has 40 heavy (non-hydrogen) atoms. The summed E-state index contributed by atoms with van der Waals surface area (Å²) >= 11 is 0. The molecule has 0 aromatic heterocycles. The van der Waals surface area contributed by atoms with E-state index in [0.29, 0.717) is 0 Å². The topological polar surface area (TPSA) is 40.1 Å². The van der Waals surface area contributed by atoms with Crippen LogP contribution in [0.15, 0.2) is 0 Å². The van der Waals surface area contributed by atoms with Crippen molar-refractivity contribution in [3.8, 4) is 0 Å². The van der Waals surface area contributed by atoms with E-state index >= 15 is 0 Å². The van der Waals surface area contributed by atoms with Crippen LogP contribution in [-0.4, -0.2) is 67.3 Å². The summed E-state index contributed by atoms with van der Waals surface area (Å²) in [4.78, 5) is 9.26. The molecule has 246 valence electrons. The van der Waals surface area contributed by atoms with E-state index in [4.69, 9.17) is 0 Å². The van der Waals surface area contributed by atoms with Crippen LogP contribution in [0.5, 0.6) is 0 Å². The number of quaternary nitrogens is 2. The molecule has 0 amide bonds. The minimum absolute atomic E-state index is 0. The Labute approximate surface area is 265 Å². The molecule has 0 fully saturated rings. The lowest BCUT2D eigenvalue weighted by Crippen LogP contribution is -3.00. The lowest BCUT2D eigenvalue weighted by atomic mass is 10.1. The van der Waals surface area contributed by atoms with Crippen molar-refractivity contribution in [2.45, 2.75) is 171 Å². The number of carboxylic acids is 1. The monoisotopic (exact) mass is 637 g/mol. The molecule has 0 atom stereocenters. The smallest absolute Gasteiger partial charge is 0.0786 e. The van der Waals surface area contributed by atoms with Gasteiger partial charge in [0, 0.05) is 5.97 Å². The Bertz CT molecular complexity index is 377. The van der Waals surface area contributed by atoms with Gasteiger partial charge in [0.25, 0.3) is 0 Å². The predicted molar refractivity (Wildman–Crippen MR) is 174 cm³/mol. The van der Waals surface area contributed by atoms with E-state index in [2.05, 4.69) is 55.4 Å². The number of hydrogen-bond acceptors (Lipinski definition) is 2. The highest BCUT2D eigenvalue weighted by Crippen LogP contribution is 2.17. The molecule has 5 heteroatoms. The zero-order valence-corrected chi connectivity index (χ0v) is 30.9. The fourth-order valence-electron chi connectivity index (χ4n) is 5.29. The molecule has 0 aliphatic carbocycles. The normalized spacial score (nSPS) is 11.1. The van der Waals surface area contributed by atoms with Crippen molar-refractivity contribution < 1.29 is 35.8 Å². The lowest BCUT2D eigenvalue weighted by molar-refractivity contribution is -0.929. The van der Waals surface area contributed by atoms with Gasteiger partial charge in [-0.2, -0.15) is 0 Å². The van der Waals surface area contributed by atoms with Gasteiger partial charge in [-0.1, -0.05) is 114 Å². The maximum atomic E-state index is 9.26. The molecule has 0 saturated carbocycles. The average molecular weight is 638 g/mol. The largest absolute Gasteiger partial charge is 1.00 e.